The molecule has 0 spiro atoms. The van der Waals surface area contributed by atoms with Crippen molar-refractivity contribution in [3.8, 4) is 22.8 Å². The zero-order chi connectivity index (χ0) is 21.8. The first kappa shape index (κ1) is 20.4. The zero-order valence-corrected chi connectivity index (χ0v) is 17.5. The van der Waals surface area contributed by atoms with Gasteiger partial charge >= 0.3 is 6.16 Å². The average Bonchev–Trinajstić information content (AvgIpc) is 3.34. The number of nitrogens with zero attached hydrogens (tertiary/aromatic N) is 3. The third-order valence-corrected chi connectivity index (χ3v) is 5.09. The molecule has 0 atom stereocenters. The topological polar surface area (TPSA) is 104 Å². The monoisotopic (exact) mass is 438 g/mol. The highest BCUT2D eigenvalue weighted by Gasteiger charge is 2.16. The first-order chi connectivity index (χ1) is 15.1. The number of fused-ring (bicyclic) bond motifs is 1. The Morgan fingerprint density at radius 1 is 1.13 bits per heavy atom. The van der Waals surface area contributed by atoms with Crippen LogP contribution in [-0.2, 0) is 4.74 Å². The first-order valence-electron chi connectivity index (χ1n) is 9.32. The summed E-state index contributed by atoms with van der Waals surface area (Å²) < 4.78 is 16.8. The van der Waals surface area contributed by atoms with Crippen molar-refractivity contribution >= 4 is 34.3 Å². The Hall–Kier alpha value is -3.92. The fraction of sp³-hybridized carbons (Fsp3) is 0.143. The highest BCUT2D eigenvalue weighted by atomic mass is 32.1. The highest BCUT2D eigenvalue weighted by molar-refractivity contribution is 7.15. The molecule has 2 heterocycles. The number of rotatable bonds is 6. The number of aromatic nitrogens is 3. The molecule has 0 fully saturated rings. The molecule has 2 aromatic carbocycles. The number of carbonyl (C=O) groups excluding carboxylic acids is 2. The second-order valence-corrected chi connectivity index (χ2v) is 7.05. The van der Waals surface area contributed by atoms with E-state index in [1.807, 2.05) is 29.6 Å². The minimum Gasteiger partial charge on any atom is -0.496 e. The van der Waals surface area contributed by atoms with Crippen LogP contribution in [0.1, 0.15) is 17.3 Å². The Balaban J connectivity index is 1.51. The molecule has 158 valence electrons. The number of ether oxygens (including phenoxy) is 3. The van der Waals surface area contributed by atoms with E-state index in [2.05, 4.69) is 15.4 Å². The van der Waals surface area contributed by atoms with Gasteiger partial charge in [0.1, 0.15) is 11.5 Å². The summed E-state index contributed by atoms with van der Waals surface area (Å²) >= 11 is 1.41. The third-order valence-electron chi connectivity index (χ3n) is 4.27. The van der Waals surface area contributed by atoms with Gasteiger partial charge in [0.25, 0.3) is 11.9 Å². The van der Waals surface area contributed by atoms with E-state index < -0.39 is 6.16 Å². The molecule has 0 bridgehead atoms. The Morgan fingerprint density at radius 3 is 2.65 bits per heavy atom. The van der Waals surface area contributed by atoms with Crippen molar-refractivity contribution in [2.45, 2.75) is 6.92 Å². The van der Waals surface area contributed by atoms with Crippen molar-refractivity contribution in [1.82, 2.24) is 14.6 Å². The maximum atomic E-state index is 12.6. The van der Waals surface area contributed by atoms with Crippen molar-refractivity contribution in [3.63, 3.8) is 0 Å². The number of para-hydroxylation sites is 1. The van der Waals surface area contributed by atoms with E-state index in [1.165, 1.54) is 35.6 Å². The molecule has 9 nitrogen and oxygen atoms in total. The van der Waals surface area contributed by atoms with Gasteiger partial charge in [-0.05, 0) is 43.3 Å². The Labute approximate surface area is 181 Å². The summed E-state index contributed by atoms with van der Waals surface area (Å²) in [6.07, 6.45) is -0.798. The number of thiazole rings is 1. The number of hydrogen-bond acceptors (Lipinski definition) is 8. The molecule has 1 amide bonds. The quantitative estimate of drug-likeness (QED) is 0.354. The smallest absolute Gasteiger partial charge is 0.496 e. The van der Waals surface area contributed by atoms with Crippen LogP contribution in [0.2, 0.25) is 0 Å². The Morgan fingerprint density at radius 2 is 1.90 bits per heavy atom. The van der Waals surface area contributed by atoms with Crippen LogP contribution < -0.4 is 14.8 Å². The van der Waals surface area contributed by atoms with E-state index in [9.17, 15) is 9.59 Å². The van der Waals surface area contributed by atoms with Gasteiger partial charge in [-0.15, -0.1) is 16.4 Å². The van der Waals surface area contributed by atoms with Gasteiger partial charge in [-0.3, -0.25) is 10.1 Å². The second-order valence-electron chi connectivity index (χ2n) is 6.21. The van der Waals surface area contributed by atoms with Gasteiger partial charge in [-0.2, -0.15) is 4.98 Å². The van der Waals surface area contributed by atoms with Gasteiger partial charge < -0.3 is 14.2 Å². The van der Waals surface area contributed by atoms with Crippen LogP contribution >= 0.6 is 11.3 Å². The number of methoxy groups -OCH3 is 1. The minimum absolute atomic E-state index is 0.180. The second kappa shape index (κ2) is 8.84. The lowest BCUT2D eigenvalue weighted by atomic mass is 10.1. The van der Waals surface area contributed by atoms with Crippen LogP contribution in [0.4, 0.5) is 10.7 Å². The fourth-order valence-electron chi connectivity index (χ4n) is 2.87. The molecule has 4 aromatic rings. The standard InChI is InChI=1S/C21H18N4O5S/c1-3-29-21(27)30-14-10-8-13(9-11-14)18(26)22-19-23-20-25(24-19)16(12-31-20)15-6-4-5-7-17(15)28-2/h4-12H,3H2,1-2H3,(H,22,24,26). The van der Waals surface area contributed by atoms with Crippen LogP contribution in [0, 0.1) is 0 Å². The van der Waals surface area contributed by atoms with E-state index in [-0.39, 0.29) is 24.2 Å². The summed E-state index contributed by atoms with van der Waals surface area (Å²) in [6, 6.07) is 13.7. The summed E-state index contributed by atoms with van der Waals surface area (Å²) in [5.74, 6) is 0.783. The third kappa shape index (κ3) is 4.33. The number of carbonyl (C=O) groups is 2. The van der Waals surface area contributed by atoms with Gasteiger partial charge in [-0.1, -0.05) is 12.1 Å². The lowest BCUT2D eigenvalue weighted by molar-refractivity contribution is 0.102. The van der Waals surface area contributed by atoms with E-state index in [0.717, 1.165) is 11.3 Å². The van der Waals surface area contributed by atoms with Crippen molar-refractivity contribution in [3.05, 3.63) is 59.5 Å². The Bertz CT molecular complexity index is 1230. The van der Waals surface area contributed by atoms with E-state index in [1.54, 1.807) is 18.5 Å². The van der Waals surface area contributed by atoms with Crippen molar-refractivity contribution in [1.29, 1.82) is 0 Å². The largest absolute Gasteiger partial charge is 0.513 e. The van der Waals surface area contributed by atoms with E-state index in [0.29, 0.717) is 16.3 Å². The van der Waals surface area contributed by atoms with Crippen LogP contribution in [0.3, 0.4) is 0 Å². The predicted molar refractivity (Wildman–Crippen MR) is 115 cm³/mol. The SMILES string of the molecule is CCOC(=O)Oc1ccc(C(=O)Nc2nc3scc(-c4ccccc4OC)n3n2)cc1. The molecule has 4 rings (SSSR count). The number of hydrogen-bond donors (Lipinski definition) is 1. The summed E-state index contributed by atoms with van der Waals surface area (Å²) in [4.78, 5) is 28.9. The van der Waals surface area contributed by atoms with Crippen molar-refractivity contribution in [2.24, 2.45) is 0 Å². The molecule has 0 aliphatic carbocycles. The molecule has 0 aliphatic rings. The van der Waals surface area contributed by atoms with Crippen LogP contribution in [-0.4, -0.2) is 40.4 Å². The van der Waals surface area contributed by atoms with Crippen LogP contribution in [0.25, 0.3) is 16.2 Å². The molecule has 10 heteroatoms. The predicted octanol–water partition coefficient (Wildman–Crippen LogP) is 4.25. The lowest BCUT2D eigenvalue weighted by Gasteiger charge is -2.06. The molecule has 2 aromatic heterocycles. The lowest BCUT2D eigenvalue weighted by Crippen LogP contribution is -2.13. The molecular weight excluding hydrogens is 420 g/mol. The molecule has 0 aliphatic heterocycles. The molecular formula is C21H18N4O5S. The summed E-state index contributed by atoms with van der Waals surface area (Å²) in [5, 5.41) is 9.02. The van der Waals surface area contributed by atoms with Crippen LogP contribution in [0.5, 0.6) is 11.5 Å². The van der Waals surface area contributed by atoms with Gasteiger partial charge in [0.2, 0.25) is 4.96 Å². The Kier molecular flexibility index (Phi) is 5.80. The molecule has 1 N–H and O–H groups in total. The molecule has 31 heavy (non-hydrogen) atoms. The summed E-state index contributed by atoms with van der Waals surface area (Å²) in [5.41, 5.74) is 2.04. The maximum Gasteiger partial charge on any atom is 0.513 e. The van der Waals surface area contributed by atoms with Crippen molar-refractivity contribution in [2.75, 3.05) is 19.0 Å². The van der Waals surface area contributed by atoms with Crippen LogP contribution in [0.15, 0.2) is 53.9 Å². The molecule has 0 radical (unpaired) electrons. The number of anilines is 1. The zero-order valence-electron chi connectivity index (χ0n) is 16.7. The summed E-state index contributed by atoms with van der Waals surface area (Å²) in [6.45, 7) is 1.90. The molecule has 0 unspecified atom stereocenters. The van der Waals surface area contributed by atoms with E-state index >= 15 is 0 Å². The highest BCUT2D eigenvalue weighted by Crippen LogP contribution is 2.32. The number of benzene rings is 2. The minimum atomic E-state index is -0.798. The molecule has 0 saturated carbocycles. The van der Waals surface area contributed by atoms with Gasteiger partial charge in [-0.25, -0.2) is 9.31 Å². The van der Waals surface area contributed by atoms with Gasteiger partial charge in [0.15, 0.2) is 0 Å². The van der Waals surface area contributed by atoms with Gasteiger partial charge in [0, 0.05) is 16.5 Å². The van der Waals surface area contributed by atoms with Crippen molar-refractivity contribution < 1.29 is 23.8 Å². The normalized spacial score (nSPS) is 10.6. The molecule has 0 saturated heterocycles. The van der Waals surface area contributed by atoms with Gasteiger partial charge in [0.05, 0.1) is 19.4 Å². The number of nitrogens with one attached hydrogen (secondary N) is 1. The fourth-order valence-corrected chi connectivity index (χ4v) is 3.69. The average molecular weight is 438 g/mol. The maximum absolute atomic E-state index is 12.6. The van der Waals surface area contributed by atoms with E-state index in [4.69, 9.17) is 14.2 Å². The number of amides is 1. The first-order valence-corrected chi connectivity index (χ1v) is 10.2. The summed E-state index contributed by atoms with van der Waals surface area (Å²) in [7, 11) is 1.61.